The lowest BCUT2D eigenvalue weighted by Gasteiger charge is -2.34. The molecule has 1 aliphatic heterocycles. The number of aromatic nitrogens is 1. The van der Waals surface area contributed by atoms with Gasteiger partial charge in [-0.3, -0.25) is 9.50 Å². The van der Waals surface area contributed by atoms with Crippen molar-refractivity contribution >= 4 is 24.1 Å². The molecule has 7 nitrogen and oxygen atoms in total. The van der Waals surface area contributed by atoms with Gasteiger partial charge >= 0.3 is 0 Å². The molecule has 1 aromatic carbocycles. The van der Waals surface area contributed by atoms with Gasteiger partial charge in [0.1, 0.15) is 17.4 Å². The number of benzene rings is 1. The highest BCUT2D eigenvalue weighted by Crippen LogP contribution is 2.17. The Bertz CT molecular complexity index is 1000. The molecule has 1 fully saturated rings. The number of anilines is 2. The largest absolute Gasteiger partial charge is 0.508 e. The van der Waals surface area contributed by atoms with Crippen molar-refractivity contribution in [1.29, 1.82) is 0 Å². The van der Waals surface area contributed by atoms with Crippen LogP contribution in [0.2, 0.25) is 0 Å². The summed E-state index contributed by atoms with van der Waals surface area (Å²) in [5.74, 6) is 1.48. The van der Waals surface area contributed by atoms with Crippen LogP contribution in [0.1, 0.15) is 11.1 Å². The van der Waals surface area contributed by atoms with Crippen molar-refractivity contribution in [3.05, 3.63) is 90.8 Å². The Morgan fingerprint density at radius 3 is 2.27 bits per heavy atom. The van der Waals surface area contributed by atoms with Gasteiger partial charge in [0, 0.05) is 43.6 Å². The molecule has 1 aliphatic rings. The third kappa shape index (κ3) is 12.5. The number of hydrogen-bond acceptors (Lipinski definition) is 6. The first-order valence-electron chi connectivity index (χ1n) is 11.3. The van der Waals surface area contributed by atoms with Crippen LogP contribution in [-0.4, -0.2) is 66.5 Å². The van der Waals surface area contributed by atoms with Crippen molar-refractivity contribution in [2.24, 2.45) is 0 Å². The summed E-state index contributed by atoms with van der Waals surface area (Å²) in [6, 6.07) is 10.9. The summed E-state index contributed by atoms with van der Waals surface area (Å²) in [7, 11) is 2.14. The predicted molar refractivity (Wildman–Crippen MR) is 147 cm³/mol. The van der Waals surface area contributed by atoms with Gasteiger partial charge in [-0.2, -0.15) is 0 Å². The molecular formula is C27H36F3N5O2. The van der Waals surface area contributed by atoms with Gasteiger partial charge in [0.2, 0.25) is 13.3 Å². The number of piperazine rings is 1. The summed E-state index contributed by atoms with van der Waals surface area (Å²) in [4.78, 5) is 19.6. The normalized spacial score (nSPS) is 13.2. The van der Waals surface area contributed by atoms with E-state index in [1.807, 2.05) is 55.5 Å². The molecule has 3 rings (SSSR count). The van der Waals surface area contributed by atoms with Gasteiger partial charge in [-0.05, 0) is 56.0 Å². The average molecular weight is 520 g/mol. The number of nitrogens with zero attached hydrogens (tertiary/aromatic N) is 3. The van der Waals surface area contributed by atoms with E-state index < -0.39 is 6.93 Å². The summed E-state index contributed by atoms with van der Waals surface area (Å²) < 4.78 is 19.2. The number of likely N-dealkylation sites (N-methyl/N-ethyl adjacent to an activating group) is 1. The van der Waals surface area contributed by atoms with E-state index in [1.165, 1.54) is 0 Å². The SMILES string of the molecule is C=C/C(=C\C=C\Nc1ccc(C=C)c(NC=O)n1)N1CCN(C)CC1.Cc1ccccc1O.F.FCF. The Labute approximate surface area is 216 Å². The molecule has 37 heavy (non-hydrogen) atoms. The van der Waals surface area contributed by atoms with E-state index in [0.717, 1.165) is 43.0 Å². The highest BCUT2D eigenvalue weighted by molar-refractivity contribution is 5.76. The van der Waals surface area contributed by atoms with Crippen LogP contribution in [0.3, 0.4) is 0 Å². The molecule has 0 atom stereocenters. The van der Waals surface area contributed by atoms with Crippen LogP contribution in [0.5, 0.6) is 5.75 Å². The van der Waals surface area contributed by atoms with E-state index in [-0.39, 0.29) is 4.70 Å². The van der Waals surface area contributed by atoms with Gasteiger partial charge in [-0.15, -0.1) is 0 Å². The van der Waals surface area contributed by atoms with Gasteiger partial charge in [0.15, 0.2) is 0 Å². The van der Waals surface area contributed by atoms with Gasteiger partial charge in [0.05, 0.1) is 0 Å². The Balaban J connectivity index is 0.000000900. The number of pyridine rings is 1. The fraction of sp³-hybridized carbons (Fsp3) is 0.259. The molecule has 2 aromatic rings. The van der Waals surface area contributed by atoms with Crippen molar-refractivity contribution in [2.75, 3.05) is 50.8 Å². The Kier molecular flexibility index (Phi) is 17.1. The summed E-state index contributed by atoms with van der Waals surface area (Å²) in [6.45, 7) is 11.8. The second-order valence-corrected chi connectivity index (χ2v) is 7.58. The number of nitrogens with one attached hydrogen (secondary N) is 2. The average Bonchev–Trinajstić information content (AvgIpc) is 2.88. The molecular weight excluding hydrogens is 483 g/mol. The molecule has 0 bridgehead atoms. The first-order valence-corrected chi connectivity index (χ1v) is 11.3. The van der Waals surface area contributed by atoms with Gasteiger partial charge in [-0.25, -0.2) is 13.8 Å². The lowest BCUT2D eigenvalue weighted by atomic mass is 10.2. The first-order chi connectivity index (χ1) is 17.4. The topological polar surface area (TPSA) is 80.7 Å². The third-order valence-corrected chi connectivity index (χ3v) is 5.13. The monoisotopic (exact) mass is 519 g/mol. The van der Waals surface area contributed by atoms with Crippen molar-refractivity contribution in [3.8, 4) is 5.75 Å². The quantitative estimate of drug-likeness (QED) is 0.326. The zero-order chi connectivity index (χ0) is 26.8. The number of hydrogen-bond donors (Lipinski definition) is 3. The Morgan fingerprint density at radius 2 is 1.76 bits per heavy atom. The van der Waals surface area contributed by atoms with E-state index in [2.05, 4.69) is 45.6 Å². The fourth-order valence-electron chi connectivity index (χ4n) is 3.10. The smallest absolute Gasteiger partial charge is 0.229 e. The number of rotatable bonds is 8. The van der Waals surface area contributed by atoms with Gasteiger partial charge in [-0.1, -0.05) is 37.4 Å². The molecule has 1 aromatic heterocycles. The maximum atomic E-state index is 10.6. The highest BCUT2D eigenvalue weighted by Gasteiger charge is 2.13. The molecule has 0 radical (unpaired) electrons. The van der Waals surface area contributed by atoms with Crippen LogP contribution in [0, 0.1) is 6.92 Å². The molecule has 0 saturated carbocycles. The minimum Gasteiger partial charge on any atom is -0.508 e. The zero-order valence-electron chi connectivity index (χ0n) is 21.2. The second kappa shape index (κ2) is 19.2. The third-order valence-electron chi connectivity index (χ3n) is 5.13. The van der Waals surface area contributed by atoms with Crippen LogP contribution in [-0.2, 0) is 4.79 Å². The minimum absolute atomic E-state index is 0. The van der Waals surface area contributed by atoms with Crippen LogP contribution in [0.15, 0.2) is 79.7 Å². The molecule has 1 amide bonds. The van der Waals surface area contributed by atoms with Crippen LogP contribution >= 0.6 is 0 Å². The number of aryl methyl sites for hydroxylation is 1. The fourth-order valence-corrected chi connectivity index (χ4v) is 3.10. The first kappa shape index (κ1) is 33.0. The molecule has 10 heteroatoms. The second-order valence-electron chi connectivity index (χ2n) is 7.58. The molecule has 202 valence electrons. The number of allylic oxidation sites excluding steroid dienone is 3. The standard InChI is InChI=1S/C19H25N5O.C7H8O.CH2F2.FH/c1-4-16-8-9-18(22-19(16)21-15-25)20-10-6-7-17(5-2)24-13-11-23(3)12-14-24;1-6-4-2-3-5-7(6)8;2-1-3;/h4-10,15H,1-2,11-14H2,3H3,(H2,20,21,22,25);2-5,8H,1H3;1H2;1H/b10-6+,17-7+;;;. The van der Waals surface area contributed by atoms with E-state index >= 15 is 0 Å². The predicted octanol–water partition coefficient (Wildman–Crippen LogP) is 5.27. The van der Waals surface area contributed by atoms with Crippen molar-refractivity contribution in [3.63, 3.8) is 0 Å². The number of para-hydroxylation sites is 1. The molecule has 2 heterocycles. The maximum Gasteiger partial charge on any atom is 0.229 e. The molecule has 0 spiro atoms. The Hall–Kier alpha value is -4.05. The maximum absolute atomic E-state index is 10.6. The number of alkyl halides is 2. The van der Waals surface area contributed by atoms with Crippen LogP contribution in [0.25, 0.3) is 6.08 Å². The lowest BCUT2D eigenvalue weighted by Crippen LogP contribution is -2.43. The molecule has 0 unspecified atom stereocenters. The number of carbonyl (C=O) groups excluding carboxylic acids is 1. The number of amides is 1. The van der Waals surface area contributed by atoms with Crippen LogP contribution in [0.4, 0.5) is 25.1 Å². The molecule has 1 saturated heterocycles. The van der Waals surface area contributed by atoms with E-state index in [0.29, 0.717) is 23.8 Å². The van der Waals surface area contributed by atoms with Crippen molar-refractivity contribution in [1.82, 2.24) is 14.8 Å². The summed E-state index contributed by atoms with van der Waals surface area (Å²) >= 11 is 0. The van der Waals surface area contributed by atoms with Crippen LogP contribution < -0.4 is 10.6 Å². The summed E-state index contributed by atoms with van der Waals surface area (Å²) in [5, 5.41) is 14.6. The van der Waals surface area contributed by atoms with Crippen molar-refractivity contribution < 1.29 is 23.4 Å². The van der Waals surface area contributed by atoms with Crippen molar-refractivity contribution in [2.45, 2.75) is 6.92 Å². The number of phenolic OH excluding ortho intramolecular Hbond substituents is 1. The number of aromatic hydroxyl groups is 1. The van der Waals surface area contributed by atoms with Gasteiger partial charge in [0.25, 0.3) is 0 Å². The lowest BCUT2D eigenvalue weighted by molar-refractivity contribution is -0.105. The number of halogens is 3. The molecule has 0 aliphatic carbocycles. The van der Waals surface area contributed by atoms with E-state index in [1.54, 1.807) is 18.3 Å². The summed E-state index contributed by atoms with van der Waals surface area (Å²) in [6.07, 6.45) is 9.87. The molecule has 3 N–H and O–H groups in total. The highest BCUT2D eigenvalue weighted by atomic mass is 19.3. The number of phenols is 1. The minimum atomic E-state index is -1.75. The van der Waals surface area contributed by atoms with E-state index in [9.17, 15) is 13.6 Å². The Morgan fingerprint density at radius 1 is 1.11 bits per heavy atom. The van der Waals surface area contributed by atoms with E-state index in [4.69, 9.17) is 5.11 Å². The number of carbonyl (C=O) groups is 1. The summed E-state index contributed by atoms with van der Waals surface area (Å²) in [5.41, 5.74) is 2.79. The zero-order valence-corrected chi connectivity index (χ0v) is 21.2. The van der Waals surface area contributed by atoms with Gasteiger partial charge < -0.3 is 25.5 Å².